The van der Waals surface area contributed by atoms with Crippen LogP contribution >= 0.6 is 0 Å². The zero-order chi connectivity index (χ0) is 13.8. The van der Waals surface area contributed by atoms with E-state index in [-0.39, 0.29) is 0 Å². The molecule has 0 bridgehead atoms. The van der Waals surface area contributed by atoms with Gasteiger partial charge in [-0.3, -0.25) is 0 Å². The average molecular weight is 292 g/mol. The predicted molar refractivity (Wildman–Crippen MR) is 78.2 cm³/mol. The van der Waals surface area contributed by atoms with Crippen molar-refractivity contribution in [2.75, 3.05) is 18.4 Å². The van der Waals surface area contributed by atoms with E-state index in [2.05, 4.69) is 10.0 Å². The fraction of sp³-hybridized carbons (Fsp3) is 0.600. The van der Waals surface area contributed by atoms with Gasteiger partial charge in [-0.2, -0.15) is 0 Å². The van der Waals surface area contributed by atoms with Gasteiger partial charge in [0.1, 0.15) is 0 Å². The van der Waals surface area contributed by atoms with Gasteiger partial charge in [-0.25, -0.2) is 13.1 Å². The molecule has 0 aromatic heterocycles. The summed E-state index contributed by atoms with van der Waals surface area (Å²) in [6.45, 7) is 1.52. The first kappa shape index (κ1) is 12.7. The topological polar surface area (TPSA) is 58.2 Å². The predicted octanol–water partition coefficient (Wildman–Crippen LogP) is 2.12. The second-order valence-corrected chi connectivity index (χ2v) is 8.22. The number of benzene rings is 1. The molecule has 0 spiro atoms. The van der Waals surface area contributed by atoms with E-state index in [1.54, 1.807) is 12.1 Å². The fourth-order valence-corrected chi connectivity index (χ4v) is 4.51. The Morgan fingerprint density at radius 2 is 2.10 bits per heavy atom. The van der Waals surface area contributed by atoms with Crippen LogP contribution in [0.1, 0.15) is 31.2 Å². The smallest absolute Gasteiger partial charge is 0.240 e. The lowest BCUT2D eigenvalue weighted by Crippen LogP contribution is -2.31. The minimum absolute atomic E-state index is 0.294. The van der Waals surface area contributed by atoms with Crippen LogP contribution in [0.3, 0.4) is 0 Å². The molecule has 5 heteroatoms. The maximum Gasteiger partial charge on any atom is 0.240 e. The molecule has 2 N–H and O–H groups in total. The standard InChI is InChI=1S/C15H20N2O2S/c18-20(19,17-10-15(6-7-15)12-2-3-12)13-4-1-11-5-8-16-14(11)9-13/h1,4,9,12,16-17H,2-3,5-8,10H2. The molecule has 1 heterocycles. The lowest BCUT2D eigenvalue weighted by Gasteiger charge is -2.15. The molecule has 0 saturated heterocycles. The van der Waals surface area contributed by atoms with E-state index in [4.69, 9.17) is 0 Å². The van der Waals surface area contributed by atoms with Crippen LogP contribution in [0.5, 0.6) is 0 Å². The molecule has 1 aliphatic heterocycles. The van der Waals surface area contributed by atoms with Crippen LogP contribution < -0.4 is 10.0 Å². The zero-order valence-corrected chi connectivity index (χ0v) is 12.3. The summed E-state index contributed by atoms with van der Waals surface area (Å²) in [5.74, 6) is 0.770. The number of hydrogen-bond acceptors (Lipinski definition) is 3. The molecule has 108 valence electrons. The molecule has 1 aromatic carbocycles. The van der Waals surface area contributed by atoms with Gasteiger partial charge in [0.2, 0.25) is 10.0 Å². The van der Waals surface area contributed by atoms with Gasteiger partial charge in [0.05, 0.1) is 4.90 Å². The first-order chi connectivity index (χ1) is 9.59. The molecule has 0 atom stereocenters. The van der Waals surface area contributed by atoms with E-state index >= 15 is 0 Å². The highest BCUT2D eigenvalue weighted by Crippen LogP contribution is 2.60. The van der Waals surface area contributed by atoms with Crippen LogP contribution in [0.4, 0.5) is 5.69 Å². The molecule has 3 aliphatic rings. The Morgan fingerprint density at radius 3 is 2.80 bits per heavy atom. The average Bonchev–Trinajstić information content (AvgIpc) is 3.33. The van der Waals surface area contributed by atoms with Crippen molar-refractivity contribution in [1.82, 2.24) is 4.72 Å². The molecule has 0 radical (unpaired) electrons. The quantitative estimate of drug-likeness (QED) is 0.874. The molecular formula is C15H20N2O2S. The van der Waals surface area contributed by atoms with Crippen molar-refractivity contribution in [3.8, 4) is 0 Å². The Bertz CT molecular complexity index is 646. The van der Waals surface area contributed by atoms with Crippen molar-refractivity contribution in [3.05, 3.63) is 23.8 Å². The molecule has 1 aromatic rings. The van der Waals surface area contributed by atoms with Crippen molar-refractivity contribution in [3.63, 3.8) is 0 Å². The van der Waals surface area contributed by atoms with Crippen LogP contribution in [0.2, 0.25) is 0 Å². The number of hydrogen-bond donors (Lipinski definition) is 2. The minimum atomic E-state index is -3.37. The number of fused-ring (bicyclic) bond motifs is 1. The summed E-state index contributed by atoms with van der Waals surface area (Å²) in [6, 6.07) is 5.42. The lowest BCUT2D eigenvalue weighted by atomic mass is 10.0. The van der Waals surface area contributed by atoms with Gasteiger partial charge in [0.15, 0.2) is 0 Å². The molecule has 20 heavy (non-hydrogen) atoms. The van der Waals surface area contributed by atoms with E-state index in [0.29, 0.717) is 16.9 Å². The van der Waals surface area contributed by atoms with Gasteiger partial charge < -0.3 is 5.32 Å². The number of sulfonamides is 1. The van der Waals surface area contributed by atoms with E-state index < -0.39 is 10.0 Å². The van der Waals surface area contributed by atoms with Crippen LogP contribution in [-0.2, 0) is 16.4 Å². The Balaban J connectivity index is 1.51. The van der Waals surface area contributed by atoms with Crippen molar-refractivity contribution in [2.45, 2.75) is 37.0 Å². The van der Waals surface area contributed by atoms with Gasteiger partial charge in [-0.15, -0.1) is 0 Å². The SMILES string of the molecule is O=S(=O)(NCC1(C2CC2)CC1)c1ccc2c(c1)NCC2. The molecule has 0 unspecified atom stereocenters. The Hall–Kier alpha value is -1.07. The van der Waals surface area contributed by atoms with Crippen LogP contribution in [0, 0.1) is 11.3 Å². The molecule has 0 amide bonds. The maximum absolute atomic E-state index is 12.4. The number of rotatable bonds is 5. The fourth-order valence-electron chi connectivity index (χ4n) is 3.34. The van der Waals surface area contributed by atoms with Crippen molar-refractivity contribution in [1.29, 1.82) is 0 Å². The third-order valence-corrected chi connectivity index (χ3v) is 6.45. The molecule has 2 aliphatic carbocycles. The van der Waals surface area contributed by atoms with Crippen molar-refractivity contribution < 1.29 is 8.42 Å². The summed E-state index contributed by atoms with van der Waals surface area (Å²) in [6.07, 6.45) is 5.92. The normalized spacial score (nSPS) is 23.2. The second-order valence-electron chi connectivity index (χ2n) is 6.46. The molecular weight excluding hydrogens is 272 g/mol. The van der Waals surface area contributed by atoms with E-state index in [9.17, 15) is 8.42 Å². The minimum Gasteiger partial charge on any atom is -0.384 e. The molecule has 2 saturated carbocycles. The first-order valence-corrected chi connectivity index (χ1v) is 8.94. The van der Waals surface area contributed by atoms with E-state index in [0.717, 1.165) is 24.6 Å². The summed E-state index contributed by atoms with van der Waals surface area (Å²) in [7, 11) is -3.37. The third-order valence-electron chi connectivity index (χ3n) is 5.05. The van der Waals surface area contributed by atoms with Crippen LogP contribution in [-0.4, -0.2) is 21.5 Å². The summed E-state index contributed by atoms with van der Waals surface area (Å²) in [5, 5.41) is 3.23. The van der Waals surface area contributed by atoms with Gasteiger partial charge in [0, 0.05) is 18.8 Å². The monoisotopic (exact) mass is 292 g/mol. The van der Waals surface area contributed by atoms with E-state index in [1.807, 2.05) is 6.07 Å². The van der Waals surface area contributed by atoms with Crippen LogP contribution in [0.25, 0.3) is 0 Å². The highest BCUT2D eigenvalue weighted by molar-refractivity contribution is 7.89. The van der Waals surface area contributed by atoms with Crippen LogP contribution in [0.15, 0.2) is 23.1 Å². The zero-order valence-electron chi connectivity index (χ0n) is 11.5. The van der Waals surface area contributed by atoms with E-state index in [1.165, 1.54) is 31.2 Å². The van der Waals surface area contributed by atoms with Crippen molar-refractivity contribution in [2.24, 2.45) is 11.3 Å². The maximum atomic E-state index is 12.4. The summed E-state index contributed by atoms with van der Waals surface area (Å²) >= 11 is 0. The van der Waals surface area contributed by atoms with Gasteiger partial charge in [-0.05, 0) is 61.1 Å². The first-order valence-electron chi connectivity index (χ1n) is 7.46. The summed E-state index contributed by atoms with van der Waals surface area (Å²) < 4.78 is 27.7. The number of nitrogens with one attached hydrogen (secondary N) is 2. The Kier molecular flexibility index (Phi) is 2.67. The second kappa shape index (κ2) is 4.21. The summed E-state index contributed by atoms with van der Waals surface area (Å²) in [4.78, 5) is 0.386. The molecule has 2 fully saturated rings. The molecule has 4 nitrogen and oxygen atoms in total. The van der Waals surface area contributed by atoms with Gasteiger partial charge in [0.25, 0.3) is 0 Å². The largest absolute Gasteiger partial charge is 0.384 e. The van der Waals surface area contributed by atoms with Crippen molar-refractivity contribution >= 4 is 15.7 Å². The number of anilines is 1. The molecule has 4 rings (SSSR count). The summed E-state index contributed by atoms with van der Waals surface area (Å²) in [5.41, 5.74) is 2.47. The van der Waals surface area contributed by atoms with Gasteiger partial charge in [-0.1, -0.05) is 6.07 Å². The third kappa shape index (κ3) is 2.13. The van der Waals surface area contributed by atoms with Gasteiger partial charge >= 0.3 is 0 Å². The lowest BCUT2D eigenvalue weighted by molar-refractivity contribution is 0.432. The highest BCUT2D eigenvalue weighted by Gasteiger charge is 2.53. The highest BCUT2D eigenvalue weighted by atomic mass is 32.2. The Labute approximate surface area is 120 Å². The Morgan fingerprint density at radius 1 is 1.30 bits per heavy atom.